The number of halogens is 1. The molecule has 0 saturated carbocycles. The first kappa shape index (κ1) is 11.6. The van der Waals surface area contributed by atoms with Crippen molar-refractivity contribution in [1.29, 1.82) is 0 Å². The van der Waals surface area contributed by atoms with Crippen LogP contribution in [-0.4, -0.2) is 13.2 Å². The first-order valence-electron chi connectivity index (χ1n) is 5.67. The van der Waals surface area contributed by atoms with Gasteiger partial charge >= 0.3 is 0 Å². The van der Waals surface area contributed by atoms with E-state index in [1.807, 2.05) is 6.07 Å². The van der Waals surface area contributed by atoms with Gasteiger partial charge in [0.05, 0.1) is 6.10 Å². The van der Waals surface area contributed by atoms with Gasteiger partial charge in [0.2, 0.25) is 0 Å². The van der Waals surface area contributed by atoms with Crippen molar-refractivity contribution < 1.29 is 9.13 Å². The molecule has 1 atom stereocenters. The van der Waals surface area contributed by atoms with Gasteiger partial charge in [-0.25, -0.2) is 4.39 Å². The fraction of sp³-hybridized carbons (Fsp3) is 0.538. The molecule has 0 aromatic heterocycles. The van der Waals surface area contributed by atoms with Gasteiger partial charge in [0.1, 0.15) is 5.82 Å². The molecule has 0 spiro atoms. The second kappa shape index (κ2) is 4.15. The van der Waals surface area contributed by atoms with Gasteiger partial charge in [0.15, 0.2) is 0 Å². The number of rotatable bonds is 1. The van der Waals surface area contributed by atoms with Crippen molar-refractivity contribution >= 4 is 0 Å². The summed E-state index contributed by atoms with van der Waals surface area (Å²) in [4.78, 5) is 0. The lowest BCUT2D eigenvalue weighted by Gasteiger charge is -2.25. The highest BCUT2D eigenvalue weighted by atomic mass is 19.1. The van der Waals surface area contributed by atoms with E-state index in [1.54, 1.807) is 6.07 Å². The molecule has 0 bridgehead atoms. The summed E-state index contributed by atoms with van der Waals surface area (Å²) >= 11 is 0. The molecule has 0 aliphatic carbocycles. The largest absolute Gasteiger partial charge is 0.372 e. The van der Waals surface area contributed by atoms with Gasteiger partial charge in [0.25, 0.3) is 0 Å². The fourth-order valence-corrected chi connectivity index (χ4v) is 2.31. The van der Waals surface area contributed by atoms with Crippen molar-refractivity contribution in [2.24, 2.45) is 5.73 Å². The smallest absolute Gasteiger partial charge is 0.129 e. The van der Waals surface area contributed by atoms with Gasteiger partial charge in [-0.1, -0.05) is 26.0 Å². The van der Waals surface area contributed by atoms with Crippen LogP contribution in [0, 0.1) is 5.82 Å². The molecule has 0 radical (unpaired) electrons. The molecule has 0 amide bonds. The molecule has 88 valence electrons. The summed E-state index contributed by atoms with van der Waals surface area (Å²) < 4.78 is 19.5. The van der Waals surface area contributed by atoms with Crippen LogP contribution in [0.2, 0.25) is 0 Å². The van der Waals surface area contributed by atoms with Gasteiger partial charge in [-0.3, -0.25) is 0 Å². The first-order chi connectivity index (χ1) is 7.56. The van der Waals surface area contributed by atoms with Crippen LogP contribution >= 0.6 is 0 Å². The lowest BCUT2D eigenvalue weighted by atomic mass is 9.79. The molecule has 3 heteroatoms. The minimum atomic E-state index is -0.307. The number of ether oxygens (including phenoxy) is 1. The van der Waals surface area contributed by atoms with E-state index in [2.05, 4.69) is 13.8 Å². The minimum absolute atomic E-state index is 0.0542. The van der Waals surface area contributed by atoms with Crippen molar-refractivity contribution in [2.45, 2.75) is 31.8 Å². The lowest BCUT2D eigenvalue weighted by molar-refractivity contribution is 0.0556. The van der Waals surface area contributed by atoms with Crippen molar-refractivity contribution in [3.05, 3.63) is 35.1 Å². The zero-order valence-electron chi connectivity index (χ0n) is 9.79. The van der Waals surface area contributed by atoms with Crippen LogP contribution in [0.25, 0.3) is 0 Å². The first-order valence-corrected chi connectivity index (χ1v) is 5.67. The number of hydrogen-bond donors (Lipinski definition) is 1. The molecule has 0 saturated heterocycles. The summed E-state index contributed by atoms with van der Waals surface area (Å²) in [7, 11) is 0. The Kier molecular flexibility index (Phi) is 3.00. The predicted octanol–water partition coefficient (Wildman–Crippen LogP) is 2.52. The molecular formula is C13H18FNO. The third-order valence-corrected chi connectivity index (χ3v) is 3.36. The van der Waals surface area contributed by atoms with Crippen molar-refractivity contribution in [3.63, 3.8) is 0 Å². The quantitative estimate of drug-likeness (QED) is 0.794. The topological polar surface area (TPSA) is 35.2 Å². The number of hydrogen-bond acceptors (Lipinski definition) is 2. The highest BCUT2D eigenvalue weighted by molar-refractivity contribution is 5.37. The highest BCUT2D eigenvalue weighted by Gasteiger charge is 2.31. The molecule has 0 unspecified atom stereocenters. The van der Waals surface area contributed by atoms with E-state index >= 15 is 0 Å². The maximum Gasteiger partial charge on any atom is 0.129 e. The SMILES string of the molecule is CC1(C)CCO[C@@H](CN)c2c(F)cccc21. The Bertz CT molecular complexity index is 390. The molecule has 1 aromatic rings. The average Bonchev–Trinajstić information content (AvgIpc) is 2.37. The summed E-state index contributed by atoms with van der Waals surface area (Å²) in [6.45, 7) is 5.19. The number of nitrogens with two attached hydrogens (primary N) is 1. The van der Waals surface area contributed by atoms with Gasteiger partial charge in [-0.2, -0.15) is 0 Å². The van der Waals surface area contributed by atoms with Crippen molar-refractivity contribution in [3.8, 4) is 0 Å². The Hall–Kier alpha value is -0.930. The van der Waals surface area contributed by atoms with E-state index in [0.717, 1.165) is 12.0 Å². The molecule has 1 aliphatic heterocycles. The third kappa shape index (κ3) is 1.85. The standard InChI is InChI=1S/C13H18FNO/c1-13(2)6-7-16-11(8-15)12-9(13)4-3-5-10(12)14/h3-5,11H,6-8,15H2,1-2H3/t11-/m0/s1. The summed E-state index contributed by atoms with van der Waals surface area (Å²) in [6, 6.07) is 5.22. The van der Waals surface area contributed by atoms with E-state index in [0.29, 0.717) is 18.7 Å². The molecule has 1 aromatic carbocycles. The maximum atomic E-state index is 13.9. The van der Waals surface area contributed by atoms with Crippen LogP contribution in [0.4, 0.5) is 4.39 Å². The monoisotopic (exact) mass is 223 g/mol. The summed E-state index contributed by atoms with van der Waals surface area (Å²) in [5, 5.41) is 0. The van der Waals surface area contributed by atoms with E-state index in [1.165, 1.54) is 6.07 Å². The van der Waals surface area contributed by atoms with E-state index in [9.17, 15) is 4.39 Å². The Morgan fingerprint density at radius 3 is 2.94 bits per heavy atom. The summed E-state index contributed by atoms with van der Waals surface area (Å²) in [5.41, 5.74) is 7.27. The van der Waals surface area contributed by atoms with Crippen LogP contribution in [0.15, 0.2) is 18.2 Å². The minimum Gasteiger partial charge on any atom is -0.372 e. The zero-order chi connectivity index (χ0) is 11.8. The number of benzene rings is 1. The molecule has 1 aliphatic rings. The summed E-state index contributed by atoms with van der Waals surface area (Å²) in [6.07, 6.45) is 0.581. The Morgan fingerprint density at radius 2 is 2.25 bits per heavy atom. The summed E-state index contributed by atoms with van der Waals surface area (Å²) in [5.74, 6) is -0.206. The molecule has 2 N–H and O–H groups in total. The zero-order valence-corrected chi connectivity index (χ0v) is 9.79. The van der Waals surface area contributed by atoms with Crippen LogP contribution in [0.5, 0.6) is 0 Å². The van der Waals surface area contributed by atoms with E-state index < -0.39 is 0 Å². The van der Waals surface area contributed by atoms with Crippen LogP contribution in [0.1, 0.15) is 37.5 Å². The molecule has 2 rings (SSSR count). The second-order valence-corrected chi connectivity index (χ2v) is 4.93. The normalized spacial score (nSPS) is 23.6. The Labute approximate surface area is 95.6 Å². The van der Waals surface area contributed by atoms with Gasteiger partial charge < -0.3 is 10.5 Å². The second-order valence-electron chi connectivity index (χ2n) is 4.93. The fourth-order valence-electron chi connectivity index (χ4n) is 2.31. The maximum absolute atomic E-state index is 13.9. The Morgan fingerprint density at radius 1 is 1.50 bits per heavy atom. The van der Waals surface area contributed by atoms with Gasteiger partial charge in [-0.15, -0.1) is 0 Å². The van der Waals surface area contributed by atoms with Gasteiger partial charge in [-0.05, 0) is 23.5 Å². The van der Waals surface area contributed by atoms with Crippen molar-refractivity contribution in [2.75, 3.05) is 13.2 Å². The number of fused-ring (bicyclic) bond motifs is 1. The molecule has 0 fully saturated rings. The van der Waals surface area contributed by atoms with Crippen LogP contribution in [0.3, 0.4) is 0 Å². The third-order valence-electron chi connectivity index (χ3n) is 3.36. The van der Waals surface area contributed by atoms with E-state index in [-0.39, 0.29) is 17.3 Å². The average molecular weight is 223 g/mol. The van der Waals surface area contributed by atoms with Gasteiger partial charge in [0, 0.05) is 18.7 Å². The molecule has 2 nitrogen and oxygen atoms in total. The Balaban J connectivity index is 2.59. The molecular weight excluding hydrogens is 205 g/mol. The lowest BCUT2D eigenvalue weighted by Crippen LogP contribution is -2.20. The molecule has 16 heavy (non-hydrogen) atoms. The van der Waals surface area contributed by atoms with Crippen LogP contribution in [-0.2, 0) is 10.2 Å². The van der Waals surface area contributed by atoms with Crippen LogP contribution < -0.4 is 5.73 Å². The van der Waals surface area contributed by atoms with E-state index in [4.69, 9.17) is 10.5 Å². The van der Waals surface area contributed by atoms with Crippen molar-refractivity contribution in [1.82, 2.24) is 0 Å². The highest BCUT2D eigenvalue weighted by Crippen LogP contribution is 2.38. The molecule has 1 heterocycles. The predicted molar refractivity (Wildman–Crippen MR) is 61.8 cm³/mol.